The molecule has 3 N–H and O–H groups in total. The molecule has 0 spiro atoms. The van der Waals surface area contributed by atoms with E-state index in [1.54, 1.807) is 0 Å². The zero-order chi connectivity index (χ0) is 20.9. The number of aryl methyl sites for hydroxylation is 1. The summed E-state index contributed by atoms with van der Waals surface area (Å²) >= 11 is 0. The largest absolute Gasteiger partial charge is 0.370 e. The van der Waals surface area contributed by atoms with Crippen molar-refractivity contribution >= 4 is 29.3 Å². The van der Waals surface area contributed by atoms with Crippen molar-refractivity contribution < 1.29 is 4.52 Å². The summed E-state index contributed by atoms with van der Waals surface area (Å²) in [4.78, 5) is 6.54. The Morgan fingerprint density at radius 3 is 2.77 bits per heavy atom. The average molecular weight is 445 g/mol. The maximum atomic E-state index is 7.78. The fraction of sp³-hybridized carbons (Fsp3) is 0.522. The molecule has 168 valence electrons. The number of nitrogens with one attached hydrogen (secondary N) is 1. The first-order valence-corrected chi connectivity index (χ1v) is 11.2. The molecular weight excluding hydrogens is 412 g/mol. The number of hydrogen-bond donors (Lipinski definition) is 2. The average Bonchev–Trinajstić information content (AvgIpc) is 3.48. The number of hydrogen-bond acceptors (Lipinski definition) is 4. The molecule has 0 amide bonds. The highest BCUT2D eigenvalue weighted by Gasteiger charge is 2.32. The number of guanidine groups is 1. The van der Waals surface area contributed by atoms with Crippen molar-refractivity contribution in [2.75, 3.05) is 6.54 Å². The predicted molar refractivity (Wildman–Crippen MR) is 126 cm³/mol. The Balaban J connectivity index is 0.00000272. The second-order valence-electron chi connectivity index (χ2n) is 8.21. The zero-order valence-electron chi connectivity index (χ0n) is 18.2. The molecule has 7 nitrogen and oxygen atoms in total. The Morgan fingerprint density at radius 1 is 1.19 bits per heavy atom. The van der Waals surface area contributed by atoms with Gasteiger partial charge in [0.2, 0.25) is 11.7 Å². The quantitative estimate of drug-likeness (QED) is 0.258. The van der Waals surface area contributed by atoms with Crippen LogP contribution in [0, 0.1) is 5.41 Å². The monoisotopic (exact) mass is 444 g/mol. The van der Waals surface area contributed by atoms with Gasteiger partial charge in [-0.25, -0.2) is 0 Å². The van der Waals surface area contributed by atoms with Crippen LogP contribution < -0.4 is 5.73 Å². The van der Waals surface area contributed by atoms with Gasteiger partial charge in [0.1, 0.15) is 6.04 Å². The van der Waals surface area contributed by atoms with Crippen LogP contribution in [0.2, 0.25) is 0 Å². The van der Waals surface area contributed by atoms with Gasteiger partial charge in [0, 0.05) is 35.8 Å². The number of likely N-dealkylation sites (tertiary alicyclic amines) is 1. The van der Waals surface area contributed by atoms with E-state index in [0.717, 1.165) is 36.9 Å². The topological polar surface area (TPSA) is 97.0 Å². The van der Waals surface area contributed by atoms with Crippen LogP contribution >= 0.6 is 12.4 Å². The molecule has 0 bridgehead atoms. The number of aromatic nitrogens is 3. The molecule has 1 aromatic carbocycles. The fourth-order valence-corrected chi connectivity index (χ4v) is 4.46. The van der Waals surface area contributed by atoms with E-state index >= 15 is 0 Å². The van der Waals surface area contributed by atoms with Crippen LogP contribution in [-0.2, 0) is 6.54 Å². The van der Waals surface area contributed by atoms with Crippen molar-refractivity contribution in [1.29, 1.82) is 5.41 Å². The van der Waals surface area contributed by atoms with E-state index in [9.17, 15) is 0 Å². The lowest BCUT2D eigenvalue weighted by molar-refractivity contribution is 0.283. The molecule has 1 atom stereocenters. The number of nitrogens with zero attached hydrogens (tertiary/aromatic N) is 4. The van der Waals surface area contributed by atoms with Gasteiger partial charge >= 0.3 is 0 Å². The molecular formula is C23H33ClN6O. The molecule has 1 unspecified atom stereocenters. The first-order valence-electron chi connectivity index (χ1n) is 11.2. The number of halogens is 1. The Hall–Kier alpha value is -2.54. The third kappa shape index (κ3) is 5.03. The number of rotatable bonds is 9. The van der Waals surface area contributed by atoms with Crippen LogP contribution in [0.5, 0.6) is 0 Å². The summed E-state index contributed by atoms with van der Waals surface area (Å²) < 4.78 is 7.93. The van der Waals surface area contributed by atoms with E-state index in [0.29, 0.717) is 11.7 Å². The SMILES string of the molecule is CCCCCCCCn1cc(-c2noc(C3CCCN3C(=N)N)n2)c2ccccc21.Cl. The molecule has 1 fully saturated rings. The van der Waals surface area contributed by atoms with Crippen molar-refractivity contribution in [3.8, 4) is 11.4 Å². The van der Waals surface area contributed by atoms with Crippen LogP contribution in [-0.4, -0.2) is 32.1 Å². The van der Waals surface area contributed by atoms with Crippen LogP contribution in [0.3, 0.4) is 0 Å². The minimum Gasteiger partial charge on any atom is -0.370 e. The summed E-state index contributed by atoms with van der Waals surface area (Å²) in [5.41, 5.74) is 7.93. The molecule has 3 aromatic rings. The van der Waals surface area contributed by atoms with E-state index in [4.69, 9.17) is 20.7 Å². The molecule has 1 aliphatic heterocycles. The van der Waals surface area contributed by atoms with Gasteiger partial charge in [0.15, 0.2) is 5.96 Å². The fourth-order valence-electron chi connectivity index (χ4n) is 4.46. The third-order valence-electron chi connectivity index (χ3n) is 6.07. The van der Waals surface area contributed by atoms with Crippen molar-refractivity contribution in [1.82, 2.24) is 19.6 Å². The van der Waals surface area contributed by atoms with E-state index in [-0.39, 0.29) is 24.4 Å². The lowest BCUT2D eigenvalue weighted by Gasteiger charge is -2.21. The highest BCUT2D eigenvalue weighted by molar-refractivity contribution is 5.94. The highest BCUT2D eigenvalue weighted by Crippen LogP contribution is 2.34. The summed E-state index contributed by atoms with van der Waals surface area (Å²) in [7, 11) is 0. The first-order chi connectivity index (χ1) is 14.7. The number of unbranched alkanes of at least 4 members (excludes halogenated alkanes) is 5. The Bertz CT molecular complexity index is 997. The summed E-state index contributed by atoms with van der Waals surface area (Å²) in [6.07, 6.45) is 11.7. The normalized spacial score (nSPS) is 16.0. The number of para-hydroxylation sites is 1. The van der Waals surface area contributed by atoms with Gasteiger partial charge in [0.25, 0.3) is 0 Å². The van der Waals surface area contributed by atoms with Gasteiger partial charge in [0.05, 0.1) is 0 Å². The first kappa shape index (κ1) is 23.1. The minimum atomic E-state index is -0.0970. The van der Waals surface area contributed by atoms with Crippen molar-refractivity contribution in [2.24, 2.45) is 5.73 Å². The molecule has 3 heterocycles. The van der Waals surface area contributed by atoms with Crippen molar-refractivity contribution in [2.45, 2.75) is 70.9 Å². The molecule has 2 aromatic heterocycles. The lowest BCUT2D eigenvalue weighted by atomic mass is 10.1. The van der Waals surface area contributed by atoms with E-state index < -0.39 is 0 Å². The molecule has 0 aliphatic carbocycles. The van der Waals surface area contributed by atoms with Crippen LogP contribution in [0.1, 0.15) is 70.2 Å². The number of fused-ring (bicyclic) bond motifs is 1. The molecule has 4 rings (SSSR count). The maximum absolute atomic E-state index is 7.78. The summed E-state index contributed by atoms with van der Waals surface area (Å²) in [5, 5.41) is 13.2. The third-order valence-corrected chi connectivity index (χ3v) is 6.07. The minimum absolute atomic E-state index is 0. The number of benzene rings is 1. The van der Waals surface area contributed by atoms with Crippen LogP contribution in [0.25, 0.3) is 22.3 Å². The van der Waals surface area contributed by atoms with Gasteiger partial charge in [-0.3, -0.25) is 5.41 Å². The van der Waals surface area contributed by atoms with Crippen molar-refractivity contribution in [3.05, 3.63) is 36.4 Å². The van der Waals surface area contributed by atoms with E-state index in [2.05, 4.69) is 47.1 Å². The maximum Gasteiger partial charge on any atom is 0.249 e. The lowest BCUT2D eigenvalue weighted by Crippen LogP contribution is -2.35. The summed E-state index contributed by atoms with van der Waals surface area (Å²) in [5.74, 6) is 1.22. The zero-order valence-corrected chi connectivity index (χ0v) is 19.0. The second kappa shape index (κ2) is 10.7. The van der Waals surface area contributed by atoms with Gasteiger partial charge in [-0.05, 0) is 25.3 Å². The highest BCUT2D eigenvalue weighted by atomic mass is 35.5. The molecule has 1 aliphatic rings. The van der Waals surface area contributed by atoms with Crippen LogP contribution in [0.15, 0.2) is 35.0 Å². The Labute approximate surface area is 189 Å². The Morgan fingerprint density at radius 2 is 1.97 bits per heavy atom. The number of nitrogens with two attached hydrogens (primary N) is 1. The summed E-state index contributed by atoms with van der Waals surface area (Å²) in [6.45, 7) is 4.01. The molecule has 1 saturated heterocycles. The van der Waals surface area contributed by atoms with Gasteiger partial charge in [-0.2, -0.15) is 4.98 Å². The van der Waals surface area contributed by atoms with Crippen LogP contribution in [0.4, 0.5) is 0 Å². The molecule has 31 heavy (non-hydrogen) atoms. The van der Waals surface area contributed by atoms with E-state index in [1.807, 2.05) is 4.90 Å². The standard InChI is InChI=1S/C23H32N6O.ClH/c1-2-3-4-5-6-9-14-28-16-18(17-11-7-8-12-19(17)28)21-26-22(30-27-21)20-13-10-15-29(20)23(24)25;/h7-8,11-12,16,20H,2-6,9-10,13-15H2,1H3,(H3,24,25);1H. The van der Waals surface area contributed by atoms with Gasteiger partial charge < -0.3 is 19.7 Å². The van der Waals surface area contributed by atoms with Gasteiger partial charge in [-0.15, -0.1) is 12.4 Å². The smallest absolute Gasteiger partial charge is 0.249 e. The second-order valence-corrected chi connectivity index (χ2v) is 8.21. The summed E-state index contributed by atoms with van der Waals surface area (Å²) in [6, 6.07) is 8.31. The molecule has 0 saturated carbocycles. The Kier molecular flexibility index (Phi) is 7.96. The van der Waals surface area contributed by atoms with E-state index in [1.165, 1.54) is 44.0 Å². The predicted octanol–water partition coefficient (Wildman–Crippen LogP) is 5.50. The molecule has 0 radical (unpaired) electrons. The van der Waals surface area contributed by atoms with Gasteiger partial charge in [-0.1, -0.05) is 62.4 Å². The molecule has 8 heteroatoms. The van der Waals surface area contributed by atoms with Crippen molar-refractivity contribution in [3.63, 3.8) is 0 Å².